The summed E-state index contributed by atoms with van der Waals surface area (Å²) in [4.78, 5) is 0. The van der Waals surface area contributed by atoms with Crippen LogP contribution < -0.4 is 4.74 Å². The number of hydrogen-bond acceptors (Lipinski definition) is 3. The molecule has 1 aromatic rings. The van der Waals surface area contributed by atoms with Gasteiger partial charge in [-0.1, -0.05) is 12.5 Å². The van der Waals surface area contributed by atoms with E-state index in [1.807, 2.05) is 0 Å². The van der Waals surface area contributed by atoms with Gasteiger partial charge in [-0.15, -0.1) is 0 Å². The summed E-state index contributed by atoms with van der Waals surface area (Å²) in [6.07, 6.45) is 2.54. The maximum atomic E-state index is 14.2. The van der Waals surface area contributed by atoms with E-state index in [2.05, 4.69) is 4.74 Å². The van der Waals surface area contributed by atoms with Gasteiger partial charge in [0.05, 0.1) is 11.2 Å². The lowest BCUT2D eigenvalue weighted by atomic mass is 9.80. The number of hydrogen-bond donors (Lipinski definition) is 1. The van der Waals surface area contributed by atoms with Crippen LogP contribution in [0.4, 0.5) is 13.2 Å². The van der Waals surface area contributed by atoms with Crippen LogP contribution in [0, 0.1) is 5.82 Å². The van der Waals surface area contributed by atoms with Gasteiger partial charge in [-0.3, -0.25) is 4.21 Å². The van der Waals surface area contributed by atoms with E-state index in [0.717, 1.165) is 12.5 Å². The van der Waals surface area contributed by atoms with Crippen molar-refractivity contribution in [1.82, 2.24) is 0 Å². The average molecular weight is 334 g/mol. The van der Waals surface area contributed by atoms with Crippen molar-refractivity contribution in [2.24, 2.45) is 0 Å². The van der Waals surface area contributed by atoms with Gasteiger partial charge in [0.25, 0.3) is 0 Å². The first-order chi connectivity index (χ1) is 10.4. The van der Waals surface area contributed by atoms with Crippen LogP contribution in [0.1, 0.15) is 37.7 Å². The van der Waals surface area contributed by atoms with E-state index in [1.54, 1.807) is 0 Å². The second-order valence-electron chi connectivity index (χ2n) is 5.93. The third-order valence-corrected chi connectivity index (χ3v) is 6.62. The Balaban J connectivity index is 2.01. The van der Waals surface area contributed by atoms with Gasteiger partial charge in [0.15, 0.2) is 0 Å². The summed E-state index contributed by atoms with van der Waals surface area (Å²) < 4.78 is 55.9. The minimum atomic E-state index is -3.10. The molecule has 2 bridgehead atoms. The summed E-state index contributed by atoms with van der Waals surface area (Å²) in [6, 6.07) is 3.61. The highest BCUT2D eigenvalue weighted by Crippen LogP contribution is 2.47. The van der Waals surface area contributed by atoms with Crippen LogP contribution >= 0.6 is 0 Å². The maximum absolute atomic E-state index is 14.2. The monoisotopic (exact) mass is 334 g/mol. The zero-order valence-corrected chi connectivity index (χ0v) is 12.6. The minimum absolute atomic E-state index is 0.108. The molecular formula is C15H17F3O3S. The highest BCUT2D eigenvalue weighted by molar-refractivity contribution is 7.86. The third-order valence-electron chi connectivity index (χ3n) is 4.50. The Hall–Kier alpha value is -1.08. The van der Waals surface area contributed by atoms with Crippen LogP contribution in [-0.2, 0) is 16.4 Å². The summed E-state index contributed by atoms with van der Waals surface area (Å²) in [5.41, 5.74) is -1.84. The summed E-state index contributed by atoms with van der Waals surface area (Å²) >= 11 is 0. The van der Waals surface area contributed by atoms with Gasteiger partial charge >= 0.3 is 6.61 Å². The SMILES string of the molecule is O=S1C2CCCC1CC(O)(c1c(F)cccc1OC(F)F)C2. The minimum Gasteiger partial charge on any atom is -0.434 e. The molecule has 2 saturated heterocycles. The Bertz CT molecular complexity index is 577. The fourth-order valence-electron chi connectivity index (χ4n) is 3.64. The number of halogens is 3. The lowest BCUT2D eigenvalue weighted by Gasteiger charge is -2.44. The molecule has 22 heavy (non-hydrogen) atoms. The van der Waals surface area contributed by atoms with E-state index in [9.17, 15) is 22.5 Å². The predicted molar refractivity (Wildman–Crippen MR) is 75.7 cm³/mol. The molecule has 0 spiro atoms. The molecule has 0 amide bonds. The second kappa shape index (κ2) is 5.85. The summed E-state index contributed by atoms with van der Waals surface area (Å²) in [5, 5.41) is 10.5. The fraction of sp³-hybridized carbons (Fsp3) is 0.600. The van der Waals surface area contributed by atoms with Gasteiger partial charge in [-0.05, 0) is 37.8 Å². The molecule has 2 atom stereocenters. The highest BCUT2D eigenvalue weighted by atomic mass is 32.2. The van der Waals surface area contributed by atoms with Crippen molar-refractivity contribution in [3.63, 3.8) is 0 Å². The third kappa shape index (κ3) is 2.76. The summed E-state index contributed by atoms with van der Waals surface area (Å²) in [6.45, 7) is -3.10. The number of ether oxygens (including phenoxy) is 1. The lowest BCUT2D eigenvalue weighted by Crippen LogP contribution is -2.47. The van der Waals surface area contributed by atoms with Crippen molar-refractivity contribution >= 4 is 10.8 Å². The van der Waals surface area contributed by atoms with E-state index in [-0.39, 0.29) is 34.7 Å². The van der Waals surface area contributed by atoms with E-state index < -0.39 is 28.8 Å². The van der Waals surface area contributed by atoms with Crippen molar-refractivity contribution in [1.29, 1.82) is 0 Å². The van der Waals surface area contributed by atoms with Crippen LogP contribution in [0.15, 0.2) is 18.2 Å². The van der Waals surface area contributed by atoms with Crippen LogP contribution in [0.5, 0.6) is 5.75 Å². The molecule has 0 saturated carbocycles. The van der Waals surface area contributed by atoms with Gasteiger partial charge in [0, 0.05) is 21.3 Å². The molecule has 0 aliphatic carbocycles. The van der Waals surface area contributed by atoms with E-state index >= 15 is 0 Å². The number of aliphatic hydroxyl groups is 1. The number of rotatable bonds is 3. The molecule has 1 aromatic carbocycles. The van der Waals surface area contributed by atoms with E-state index in [1.165, 1.54) is 12.1 Å². The molecule has 3 nitrogen and oxygen atoms in total. The van der Waals surface area contributed by atoms with Crippen molar-refractivity contribution in [2.75, 3.05) is 0 Å². The number of alkyl halides is 2. The second-order valence-corrected chi connectivity index (χ2v) is 7.93. The van der Waals surface area contributed by atoms with Crippen molar-refractivity contribution < 1.29 is 27.2 Å². The molecule has 2 aliphatic heterocycles. The van der Waals surface area contributed by atoms with Gasteiger partial charge in [0.2, 0.25) is 0 Å². The molecule has 1 N–H and O–H groups in total. The van der Waals surface area contributed by atoms with Crippen LogP contribution in [-0.4, -0.2) is 26.4 Å². The van der Waals surface area contributed by atoms with Gasteiger partial charge in [0.1, 0.15) is 11.6 Å². The molecule has 7 heteroatoms. The Morgan fingerprint density at radius 3 is 2.50 bits per heavy atom. The zero-order chi connectivity index (χ0) is 15.9. The molecule has 2 heterocycles. The predicted octanol–water partition coefficient (Wildman–Crippen LogP) is 3.08. The van der Waals surface area contributed by atoms with Gasteiger partial charge < -0.3 is 9.84 Å². The first-order valence-electron chi connectivity index (χ1n) is 7.26. The molecule has 2 fully saturated rings. The fourth-order valence-corrected chi connectivity index (χ4v) is 5.86. The molecular weight excluding hydrogens is 317 g/mol. The summed E-state index contributed by atoms with van der Waals surface area (Å²) in [7, 11) is -1.05. The lowest BCUT2D eigenvalue weighted by molar-refractivity contribution is -0.0572. The topological polar surface area (TPSA) is 46.5 Å². The Kier molecular flexibility index (Phi) is 4.20. The summed E-state index contributed by atoms with van der Waals surface area (Å²) in [5.74, 6) is -1.12. The van der Waals surface area contributed by atoms with Crippen LogP contribution in [0.2, 0.25) is 0 Å². The Morgan fingerprint density at radius 1 is 1.27 bits per heavy atom. The van der Waals surface area contributed by atoms with Gasteiger partial charge in [-0.2, -0.15) is 8.78 Å². The largest absolute Gasteiger partial charge is 0.434 e. The molecule has 0 aromatic heterocycles. The maximum Gasteiger partial charge on any atom is 0.387 e. The van der Waals surface area contributed by atoms with Crippen molar-refractivity contribution in [3.05, 3.63) is 29.6 Å². The average Bonchev–Trinajstić information content (AvgIpc) is 2.40. The first kappa shape index (κ1) is 15.8. The molecule has 2 unspecified atom stereocenters. The Labute approximate surface area is 128 Å². The molecule has 3 rings (SSSR count). The van der Waals surface area contributed by atoms with Gasteiger partial charge in [-0.25, -0.2) is 4.39 Å². The van der Waals surface area contributed by atoms with Crippen molar-refractivity contribution in [2.45, 2.75) is 54.8 Å². The standard InChI is InChI=1S/C15H17F3O3S/c16-11-5-2-6-12(21-14(17)18)13(11)15(19)7-9-3-1-4-10(8-15)22(9)20/h2,5-6,9-10,14,19H,1,3-4,7-8H2. The van der Waals surface area contributed by atoms with Crippen LogP contribution in [0.25, 0.3) is 0 Å². The highest BCUT2D eigenvalue weighted by Gasteiger charge is 2.48. The smallest absolute Gasteiger partial charge is 0.387 e. The molecule has 2 aliphatic rings. The quantitative estimate of drug-likeness (QED) is 0.924. The molecule has 122 valence electrons. The van der Waals surface area contributed by atoms with Crippen LogP contribution in [0.3, 0.4) is 0 Å². The van der Waals surface area contributed by atoms with E-state index in [4.69, 9.17) is 0 Å². The Morgan fingerprint density at radius 2 is 1.91 bits per heavy atom. The van der Waals surface area contributed by atoms with Crippen molar-refractivity contribution in [3.8, 4) is 5.75 Å². The van der Waals surface area contributed by atoms with E-state index in [0.29, 0.717) is 12.8 Å². The number of fused-ring (bicyclic) bond motifs is 2. The molecule has 0 radical (unpaired) electrons. The zero-order valence-electron chi connectivity index (χ0n) is 11.8. The normalized spacial score (nSPS) is 34.7. The number of benzene rings is 1. The first-order valence-corrected chi connectivity index (χ1v) is 8.54.